The summed E-state index contributed by atoms with van der Waals surface area (Å²) in [7, 11) is 1.65. The van der Waals surface area contributed by atoms with Crippen LogP contribution in [0.4, 0.5) is 16.2 Å². The van der Waals surface area contributed by atoms with Crippen LogP contribution in [-0.2, 0) is 9.47 Å². The molecular weight excluding hydrogens is 282 g/mol. The Morgan fingerprint density at radius 1 is 1.23 bits per heavy atom. The molecule has 0 unspecified atom stereocenters. The van der Waals surface area contributed by atoms with Gasteiger partial charge in [-0.15, -0.1) is 0 Å². The molecule has 0 aromatic heterocycles. The zero-order valence-electron chi connectivity index (χ0n) is 13.7. The van der Waals surface area contributed by atoms with E-state index in [1.165, 1.54) is 0 Å². The van der Waals surface area contributed by atoms with Crippen LogP contribution in [0.5, 0.6) is 0 Å². The Kier molecular flexibility index (Phi) is 4.81. The van der Waals surface area contributed by atoms with Gasteiger partial charge in [0, 0.05) is 31.6 Å². The van der Waals surface area contributed by atoms with Crippen molar-refractivity contribution < 1.29 is 14.3 Å². The summed E-state index contributed by atoms with van der Waals surface area (Å²) in [4.78, 5) is 16.0. The number of piperazine rings is 1. The standard InChI is InChI=1S/C16H25N3O3/c1-16(2,3)22-15(20)18-9-10-19(14(11-18)21-4)13-7-5-12(17)6-8-13/h5-8,14H,9-11,17H2,1-4H3/t14-/m0/s1. The first-order valence-corrected chi connectivity index (χ1v) is 7.43. The van der Waals surface area contributed by atoms with E-state index < -0.39 is 5.60 Å². The third kappa shape index (κ3) is 4.04. The fraction of sp³-hybridized carbons (Fsp3) is 0.562. The van der Waals surface area contributed by atoms with E-state index in [-0.39, 0.29) is 12.3 Å². The lowest BCUT2D eigenvalue weighted by molar-refractivity contribution is -0.00174. The topological polar surface area (TPSA) is 68.0 Å². The van der Waals surface area contributed by atoms with Crippen LogP contribution >= 0.6 is 0 Å². The minimum absolute atomic E-state index is 0.204. The minimum Gasteiger partial charge on any atom is -0.444 e. The van der Waals surface area contributed by atoms with Crippen LogP contribution in [0.3, 0.4) is 0 Å². The predicted octanol–water partition coefficient (Wildman–Crippen LogP) is 2.30. The van der Waals surface area contributed by atoms with Crippen LogP contribution in [0, 0.1) is 0 Å². The van der Waals surface area contributed by atoms with E-state index in [9.17, 15) is 4.79 Å². The van der Waals surface area contributed by atoms with Gasteiger partial charge in [-0.3, -0.25) is 0 Å². The molecule has 1 aromatic carbocycles. The van der Waals surface area contributed by atoms with Crippen molar-refractivity contribution in [1.29, 1.82) is 0 Å². The molecule has 22 heavy (non-hydrogen) atoms. The quantitative estimate of drug-likeness (QED) is 0.849. The van der Waals surface area contributed by atoms with Crippen LogP contribution in [0.1, 0.15) is 20.8 Å². The average molecular weight is 307 g/mol. The summed E-state index contributed by atoms with van der Waals surface area (Å²) in [5.74, 6) is 0. The number of anilines is 2. The van der Waals surface area contributed by atoms with E-state index >= 15 is 0 Å². The molecule has 0 saturated carbocycles. The molecule has 1 saturated heterocycles. The van der Waals surface area contributed by atoms with Gasteiger partial charge in [0.05, 0.1) is 6.54 Å². The third-order valence-electron chi connectivity index (χ3n) is 3.48. The number of hydrogen-bond acceptors (Lipinski definition) is 5. The zero-order valence-corrected chi connectivity index (χ0v) is 13.7. The Hall–Kier alpha value is -1.95. The molecule has 1 atom stereocenters. The smallest absolute Gasteiger partial charge is 0.410 e. The van der Waals surface area contributed by atoms with E-state index in [2.05, 4.69) is 4.90 Å². The summed E-state index contributed by atoms with van der Waals surface area (Å²) in [5.41, 5.74) is 6.99. The molecule has 0 spiro atoms. The van der Waals surface area contributed by atoms with E-state index in [4.69, 9.17) is 15.2 Å². The van der Waals surface area contributed by atoms with Gasteiger partial charge in [0.1, 0.15) is 11.8 Å². The molecule has 1 fully saturated rings. The molecule has 1 aliphatic rings. The summed E-state index contributed by atoms with van der Waals surface area (Å²) in [6.45, 7) is 7.34. The number of amides is 1. The van der Waals surface area contributed by atoms with Gasteiger partial charge >= 0.3 is 6.09 Å². The van der Waals surface area contributed by atoms with Gasteiger partial charge in [-0.05, 0) is 45.0 Å². The van der Waals surface area contributed by atoms with Crippen molar-refractivity contribution in [3.05, 3.63) is 24.3 Å². The summed E-state index contributed by atoms with van der Waals surface area (Å²) in [6.07, 6.45) is -0.503. The van der Waals surface area contributed by atoms with E-state index in [1.54, 1.807) is 12.0 Å². The minimum atomic E-state index is -0.492. The van der Waals surface area contributed by atoms with Gasteiger partial charge in [-0.1, -0.05) is 0 Å². The molecule has 0 bridgehead atoms. The molecule has 1 heterocycles. The summed E-state index contributed by atoms with van der Waals surface area (Å²) < 4.78 is 11.0. The van der Waals surface area contributed by atoms with Crippen molar-refractivity contribution in [1.82, 2.24) is 4.90 Å². The van der Waals surface area contributed by atoms with E-state index in [0.29, 0.717) is 19.6 Å². The molecule has 1 aromatic rings. The van der Waals surface area contributed by atoms with Crippen molar-refractivity contribution in [3.8, 4) is 0 Å². The molecule has 0 radical (unpaired) electrons. The van der Waals surface area contributed by atoms with Crippen molar-refractivity contribution in [2.45, 2.75) is 32.6 Å². The maximum absolute atomic E-state index is 12.2. The van der Waals surface area contributed by atoms with Crippen molar-refractivity contribution in [2.75, 3.05) is 37.4 Å². The van der Waals surface area contributed by atoms with Gasteiger partial charge < -0.3 is 25.0 Å². The Balaban J connectivity index is 2.05. The number of nitrogens with zero attached hydrogens (tertiary/aromatic N) is 2. The van der Waals surface area contributed by atoms with Gasteiger partial charge in [-0.25, -0.2) is 4.79 Å². The average Bonchev–Trinajstić information content (AvgIpc) is 2.45. The van der Waals surface area contributed by atoms with E-state index in [1.807, 2.05) is 45.0 Å². The number of carbonyl (C=O) groups is 1. The van der Waals surface area contributed by atoms with Gasteiger partial charge in [0.25, 0.3) is 0 Å². The molecule has 6 nitrogen and oxygen atoms in total. The first-order chi connectivity index (χ1) is 10.3. The molecule has 2 rings (SSSR count). The number of benzene rings is 1. The number of rotatable bonds is 2. The molecular formula is C16H25N3O3. The highest BCUT2D eigenvalue weighted by Gasteiger charge is 2.32. The number of carbonyl (C=O) groups excluding carboxylic acids is 1. The monoisotopic (exact) mass is 307 g/mol. The predicted molar refractivity (Wildman–Crippen MR) is 86.8 cm³/mol. The first-order valence-electron chi connectivity index (χ1n) is 7.43. The fourth-order valence-electron chi connectivity index (χ4n) is 2.41. The number of methoxy groups -OCH3 is 1. The van der Waals surface area contributed by atoms with Crippen molar-refractivity contribution >= 4 is 17.5 Å². The Morgan fingerprint density at radius 3 is 2.41 bits per heavy atom. The van der Waals surface area contributed by atoms with Crippen LogP contribution in [0.2, 0.25) is 0 Å². The van der Waals surface area contributed by atoms with Gasteiger partial charge in [0.15, 0.2) is 0 Å². The third-order valence-corrected chi connectivity index (χ3v) is 3.48. The van der Waals surface area contributed by atoms with Crippen molar-refractivity contribution in [2.24, 2.45) is 0 Å². The maximum Gasteiger partial charge on any atom is 0.410 e. The van der Waals surface area contributed by atoms with Crippen LogP contribution in [-0.4, -0.2) is 49.6 Å². The lowest BCUT2D eigenvalue weighted by Crippen LogP contribution is -2.56. The second kappa shape index (κ2) is 6.44. The highest BCUT2D eigenvalue weighted by atomic mass is 16.6. The Labute approximate surface area is 131 Å². The lowest BCUT2D eigenvalue weighted by atomic mass is 10.2. The number of ether oxygens (including phenoxy) is 2. The SMILES string of the molecule is CO[C@H]1CN(C(=O)OC(C)(C)C)CCN1c1ccc(N)cc1. The number of nitrogen functional groups attached to an aromatic ring is 1. The molecule has 6 heteroatoms. The molecule has 0 aliphatic carbocycles. The van der Waals surface area contributed by atoms with Crippen LogP contribution in [0.15, 0.2) is 24.3 Å². The fourth-order valence-corrected chi connectivity index (χ4v) is 2.41. The Bertz CT molecular complexity index is 510. The molecule has 1 amide bonds. The van der Waals surface area contributed by atoms with Crippen LogP contribution in [0.25, 0.3) is 0 Å². The normalized spacial score (nSPS) is 19.2. The lowest BCUT2D eigenvalue weighted by Gasteiger charge is -2.41. The summed E-state index contributed by atoms with van der Waals surface area (Å²) in [5, 5.41) is 0. The highest BCUT2D eigenvalue weighted by Crippen LogP contribution is 2.23. The summed E-state index contributed by atoms with van der Waals surface area (Å²) in [6, 6.07) is 7.65. The Morgan fingerprint density at radius 2 is 1.86 bits per heavy atom. The largest absolute Gasteiger partial charge is 0.444 e. The highest BCUT2D eigenvalue weighted by molar-refractivity contribution is 5.69. The molecule has 122 valence electrons. The molecule has 1 aliphatic heterocycles. The zero-order chi connectivity index (χ0) is 16.3. The second-order valence-corrected chi connectivity index (χ2v) is 6.40. The second-order valence-electron chi connectivity index (χ2n) is 6.40. The van der Waals surface area contributed by atoms with Gasteiger partial charge in [0.2, 0.25) is 0 Å². The van der Waals surface area contributed by atoms with Crippen LogP contribution < -0.4 is 10.6 Å². The number of hydrogen-bond donors (Lipinski definition) is 1. The first kappa shape index (κ1) is 16.4. The maximum atomic E-state index is 12.2. The van der Waals surface area contributed by atoms with Gasteiger partial charge in [-0.2, -0.15) is 0 Å². The summed E-state index contributed by atoms with van der Waals surface area (Å²) >= 11 is 0. The van der Waals surface area contributed by atoms with Crippen molar-refractivity contribution in [3.63, 3.8) is 0 Å². The number of nitrogens with two attached hydrogens (primary N) is 1. The molecule has 2 N–H and O–H groups in total. The van der Waals surface area contributed by atoms with E-state index in [0.717, 1.165) is 11.4 Å².